The van der Waals surface area contributed by atoms with E-state index < -0.39 is 0 Å². The first-order valence-corrected chi connectivity index (χ1v) is 6.63. The van der Waals surface area contributed by atoms with Crippen molar-refractivity contribution in [2.45, 2.75) is 39.3 Å². The highest BCUT2D eigenvalue weighted by atomic mass is 16.6. The molecule has 19 heavy (non-hydrogen) atoms. The molecular formula is C15H18N2O2. The average Bonchev–Trinajstić information content (AvgIpc) is 3.10. The van der Waals surface area contributed by atoms with Crippen molar-refractivity contribution in [3.8, 4) is 11.8 Å². The van der Waals surface area contributed by atoms with Crippen LogP contribution < -0.4 is 10.1 Å². The normalized spacial score (nSPS) is 14.6. The van der Waals surface area contributed by atoms with Crippen molar-refractivity contribution in [2.24, 2.45) is 0 Å². The molecule has 4 heteroatoms. The van der Waals surface area contributed by atoms with E-state index in [1.54, 1.807) is 6.26 Å². The van der Waals surface area contributed by atoms with Crippen LogP contribution >= 0.6 is 0 Å². The maximum Gasteiger partial charge on any atom is 0.399 e. The van der Waals surface area contributed by atoms with Crippen molar-refractivity contribution in [3.05, 3.63) is 41.3 Å². The Bertz CT molecular complexity index is 573. The Kier molecular flexibility index (Phi) is 3.25. The molecule has 2 aromatic rings. The Morgan fingerprint density at radius 1 is 1.37 bits per heavy atom. The van der Waals surface area contributed by atoms with Crippen LogP contribution in [0.25, 0.3) is 0 Å². The van der Waals surface area contributed by atoms with Gasteiger partial charge in [-0.3, -0.25) is 0 Å². The van der Waals surface area contributed by atoms with Crippen LogP contribution in [0, 0.1) is 13.8 Å². The topological polar surface area (TPSA) is 47.3 Å². The summed E-state index contributed by atoms with van der Waals surface area (Å²) >= 11 is 0. The lowest BCUT2D eigenvalue weighted by Gasteiger charge is -2.05. The molecule has 1 fully saturated rings. The lowest BCUT2D eigenvalue weighted by molar-refractivity contribution is 0.329. The number of benzene rings is 1. The molecule has 0 saturated heterocycles. The number of hydrogen-bond acceptors (Lipinski definition) is 4. The van der Waals surface area contributed by atoms with E-state index >= 15 is 0 Å². The Hall–Kier alpha value is -1.81. The molecule has 1 heterocycles. The van der Waals surface area contributed by atoms with Crippen molar-refractivity contribution in [3.63, 3.8) is 0 Å². The van der Waals surface area contributed by atoms with Gasteiger partial charge in [0.15, 0.2) is 0 Å². The molecule has 1 aromatic carbocycles. The van der Waals surface area contributed by atoms with Crippen LogP contribution in [0.4, 0.5) is 0 Å². The van der Waals surface area contributed by atoms with Crippen LogP contribution in [0.5, 0.6) is 11.8 Å². The summed E-state index contributed by atoms with van der Waals surface area (Å²) in [6.07, 6.45) is 4.49. The summed E-state index contributed by atoms with van der Waals surface area (Å²) in [5.74, 6) is 0.786. The smallest absolute Gasteiger partial charge is 0.399 e. The molecule has 1 N–H and O–H groups in total. The van der Waals surface area contributed by atoms with Gasteiger partial charge in [-0.1, -0.05) is 17.7 Å². The molecule has 0 aliphatic heterocycles. The molecule has 0 unspecified atom stereocenters. The van der Waals surface area contributed by atoms with Crippen LogP contribution in [-0.2, 0) is 6.54 Å². The fourth-order valence-electron chi connectivity index (χ4n) is 1.96. The van der Waals surface area contributed by atoms with Crippen molar-refractivity contribution in [1.29, 1.82) is 0 Å². The fourth-order valence-corrected chi connectivity index (χ4v) is 1.96. The minimum Gasteiger partial charge on any atom is -0.417 e. The first-order chi connectivity index (χ1) is 9.20. The zero-order chi connectivity index (χ0) is 13.2. The average molecular weight is 258 g/mol. The quantitative estimate of drug-likeness (QED) is 0.893. The van der Waals surface area contributed by atoms with Crippen LogP contribution in [0.2, 0.25) is 0 Å². The van der Waals surface area contributed by atoms with Crippen molar-refractivity contribution >= 4 is 0 Å². The van der Waals surface area contributed by atoms with Crippen LogP contribution in [0.3, 0.4) is 0 Å². The fraction of sp³-hybridized carbons (Fsp3) is 0.400. The van der Waals surface area contributed by atoms with Crippen LogP contribution in [0.1, 0.15) is 29.7 Å². The summed E-state index contributed by atoms with van der Waals surface area (Å²) in [7, 11) is 0. The number of ether oxygens (including phenoxy) is 1. The minimum atomic E-state index is 0.305. The van der Waals surface area contributed by atoms with Gasteiger partial charge in [-0.2, -0.15) is 4.98 Å². The highest BCUT2D eigenvalue weighted by molar-refractivity contribution is 5.36. The summed E-state index contributed by atoms with van der Waals surface area (Å²) in [6.45, 7) is 4.81. The van der Waals surface area contributed by atoms with Gasteiger partial charge in [-0.15, -0.1) is 0 Å². The third-order valence-electron chi connectivity index (χ3n) is 3.21. The summed E-state index contributed by atoms with van der Waals surface area (Å²) in [5, 5.41) is 3.39. The van der Waals surface area contributed by atoms with E-state index in [2.05, 4.69) is 23.3 Å². The van der Waals surface area contributed by atoms with Crippen molar-refractivity contribution in [1.82, 2.24) is 10.3 Å². The van der Waals surface area contributed by atoms with Gasteiger partial charge >= 0.3 is 6.08 Å². The monoisotopic (exact) mass is 258 g/mol. The molecule has 100 valence electrons. The van der Waals surface area contributed by atoms with Crippen LogP contribution in [0.15, 0.2) is 28.9 Å². The lowest BCUT2D eigenvalue weighted by Crippen LogP contribution is -2.15. The van der Waals surface area contributed by atoms with E-state index in [4.69, 9.17) is 9.15 Å². The SMILES string of the molecule is Cc1ccc(Oc2nc(CNC3CC3)co2)c(C)c1. The number of aromatic nitrogens is 1. The molecule has 1 saturated carbocycles. The number of rotatable bonds is 5. The Labute approximate surface area is 112 Å². The van der Waals surface area contributed by atoms with E-state index in [1.807, 2.05) is 19.1 Å². The Balaban J connectivity index is 1.65. The molecule has 0 bridgehead atoms. The lowest BCUT2D eigenvalue weighted by atomic mass is 10.1. The Morgan fingerprint density at radius 3 is 2.95 bits per heavy atom. The van der Waals surface area contributed by atoms with Crippen LogP contribution in [-0.4, -0.2) is 11.0 Å². The molecule has 1 aliphatic carbocycles. The molecule has 0 atom stereocenters. The maximum atomic E-state index is 5.66. The highest BCUT2D eigenvalue weighted by Crippen LogP contribution is 2.25. The number of nitrogens with zero attached hydrogens (tertiary/aromatic N) is 1. The highest BCUT2D eigenvalue weighted by Gasteiger charge is 2.20. The number of oxazole rings is 1. The van der Waals surface area contributed by atoms with Gasteiger partial charge in [0.25, 0.3) is 0 Å². The van der Waals surface area contributed by atoms with E-state index in [-0.39, 0.29) is 0 Å². The maximum absolute atomic E-state index is 5.66. The largest absolute Gasteiger partial charge is 0.417 e. The van der Waals surface area contributed by atoms with Crippen molar-refractivity contribution < 1.29 is 9.15 Å². The number of aryl methyl sites for hydroxylation is 2. The predicted molar refractivity (Wildman–Crippen MR) is 72.4 cm³/mol. The van der Waals surface area contributed by atoms with Gasteiger partial charge in [0.2, 0.25) is 0 Å². The van der Waals surface area contributed by atoms with Gasteiger partial charge in [-0.05, 0) is 38.3 Å². The second-order valence-electron chi connectivity index (χ2n) is 5.13. The second-order valence-corrected chi connectivity index (χ2v) is 5.13. The standard InChI is InChI=1S/C15H18N2O2/c1-10-3-6-14(11(2)7-10)19-15-17-13(9-18-15)8-16-12-4-5-12/h3,6-7,9,12,16H,4-5,8H2,1-2H3. The molecule has 3 rings (SSSR count). The summed E-state index contributed by atoms with van der Waals surface area (Å²) in [5.41, 5.74) is 3.18. The summed E-state index contributed by atoms with van der Waals surface area (Å²) in [6, 6.07) is 6.70. The zero-order valence-corrected chi connectivity index (χ0v) is 11.3. The number of hydrogen-bond donors (Lipinski definition) is 1. The molecule has 0 radical (unpaired) electrons. The summed E-state index contributed by atoms with van der Waals surface area (Å²) in [4.78, 5) is 4.32. The van der Waals surface area contributed by atoms with Gasteiger partial charge in [0.1, 0.15) is 12.0 Å². The predicted octanol–water partition coefficient (Wildman–Crippen LogP) is 3.34. The third kappa shape index (κ3) is 3.15. The molecule has 1 aromatic heterocycles. The third-order valence-corrected chi connectivity index (χ3v) is 3.21. The summed E-state index contributed by atoms with van der Waals surface area (Å²) < 4.78 is 11.0. The van der Waals surface area contributed by atoms with E-state index in [0.29, 0.717) is 12.1 Å². The van der Waals surface area contributed by atoms with Gasteiger partial charge in [0.05, 0.1) is 5.69 Å². The zero-order valence-electron chi connectivity index (χ0n) is 11.3. The van der Waals surface area contributed by atoms with E-state index in [9.17, 15) is 0 Å². The number of nitrogens with one attached hydrogen (secondary N) is 1. The molecule has 4 nitrogen and oxygen atoms in total. The molecule has 1 aliphatic rings. The minimum absolute atomic E-state index is 0.305. The molecule has 0 spiro atoms. The van der Waals surface area contributed by atoms with Gasteiger partial charge in [-0.25, -0.2) is 0 Å². The van der Waals surface area contributed by atoms with Crippen molar-refractivity contribution in [2.75, 3.05) is 0 Å². The first kappa shape index (κ1) is 12.2. The Morgan fingerprint density at radius 2 is 2.21 bits per heavy atom. The first-order valence-electron chi connectivity index (χ1n) is 6.63. The van der Waals surface area contributed by atoms with Gasteiger partial charge < -0.3 is 14.5 Å². The van der Waals surface area contributed by atoms with Gasteiger partial charge in [0, 0.05) is 12.6 Å². The second kappa shape index (κ2) is 5.05. The van der Waals surface area contributed by atoms with E-state index in [0.717, 1.165) is 23.6 Å². The molecular weight excluding hydrogens is 240 g/mol. The molecule has 0 amide bonds. The van der Waals surface area contributed by atoms with E-state index in [1.165, 1.54) is 18.4 Å².